The number of carbonyl (C=O) groups excluding carboxylic acids is 1. The molecule has 0 radical (unpaired) electrons. The normalized spacial score (nSPS) is 16.2. The molecule has 27 heavy (non-hydrogen) atoms. The summed E-state index contributed by atoms with van der Waals surface area (Å²) in [5, 5.41) is 3.27. The smallest absolute Gasteiger partial charge is 0.227 e. The third kappa shape index (κ3) is 5.06. The topological polar surface area (TPSA) is 66.5 Å². The Hall–Kier alpha value is -1.96. The second-order valence-corrected chi connectivity index (χ2v) is 8.90. The number of hydrogen-bond acceptors (Lipinski definition) is 3. The van der Waals surface area contributed by atoms with Crippen LogP contribution in [0.4, 0.5) is 10.1 Å². The number of rotatable bonds is 5. The van der Waals surface area contributed by atoms with Crippen LogP contribution in [0.1, 0.15) is 18.4 Å². The Labute approximate surface area is 163 Å². The molecule has 1 aliphatic heterocycles. The zero-order chi connectivity index (χ0) is 19.4. The lowest BCUT2D eigenvalue weighted by atomic mass is 9.97. The molecule has 0 atom stereocenters. The number of piperidine rings is 1. The molecule has 8 heteroatoms. The van der Waals surface area contributed by atoms with Crippen LogP contribution < -0.4 is 5.32 Å². The highest BCUT2D eigenvalue weighted by Crippen LogP contribution is 2.25. The summed E-state index contributed by atoms with van der Waals surface area (Å²) in [6.45, 7) is 0.564. The van der Waals surface area contributed by atoms with Crippen LogP contribution in [0.15, 0.2) is 48.5 Å². The van der Waals surface area contributed by atoms with Crippen LogP contribution in [-0.4, -0.2) is 31.7 Å². The van der Waals surface area contributed by atoms with E-state index in [1.54, 1.807) is 24.3 Å². The van der Waals surface area contributed by atoms with Crippen LogP contribution in [-0.2, 0) is 20.6 Å². The van der Waals surface area contributed by atoms with Gasteiger partial charge in [-0.05, 0) is 42.7 Å². The van der Waals surface area contributed by atoms with Gasteiger partial charge in [0.1, 0.15) is 5.82 Å². The van der Waals surface area contributed by atoms with Crippen molar-refractivity contribution in [3.63, 3.8) is 0 Å². The molecule has 0 saturated carbocycles. The molecule has 0 aliphatic carbocycles. The average Bonchev–Trinajstić information content (AvgIpc) is 2.65. The third-order valence-electron chi connectivity index (χ3n) is 4.61. The summed E-state index contributed by atoms with van der Waals surface area (Å²) in [6, 6.07) is 12.4. The van der Waals surface area contributed by atoms with Gasteiger partial charge in [0.15, 0.2) is 0 Å². The lowest BCUT2D eigenvalue weighted by molar-refractivity contribution is -0.120. The minimum Gasteiger partial charge on any atom is -0.325 e. The van der Waals surface area contributed by atoms with Gasteiger partial charge in [-0.25, -0.2) is 17.1 Å². The maximum atomic E-state index is 13.0. The molecule has 1 amide bonds. The van der Waals surface area contributed by atoms with Gasteiger partial charge in [-0.15, -0.1) is 0 Å². The number of carbonyl (C=O) groups is 1. The SMILES string of the molecule is O=C(Nc1ccccc1Cl)C1CCN(S(=O)(=O)Cc2ccc(F)cc2)CC1. The van der Waals surface area contributed by atoms with E-state index in [2.05, 4.69) is 5.32 Å². The number of benzene rings is 2. The van der Waals surface area contributed by atoms with E-state index in [4.69, 9.17) is 11.6 Å². The third-order valence-corrected chi connectivity index (χ3v) is 6.79. The molecule has 3 rings (SSSR count). The van der Waals surface area contributed by atoms with Crippen molar-refractivity contribution >= 4 is 33.2 Å². The van der Waals surface area contributed by atoms with E-state index in [0.717, 1.165) is 0 Å². The van der Waals surface area contributed by atoms with Gasteiger partial charge in [-0.3, -0.25) is 4.79 Å². The van der Waals surface area contributed by atoms with Gasteiger partial charge in [-0.2, -0.15) is 0 Å². The summed E-state index contributed by atoms with van der Waals surface area (Å²) in [7, 11) is -3.51. The molecule has 0 spiro atoms. The first-order valence-electron chi connectivity index (χ1n) is 8.63. The van der Waals surface area contributed by atoms with Crippen molar-refractivity contribution in [1.82, 2.24) is 4.31 Å². The highest BCUT2D eigenvalue weighted by Gasteiger charge is 2.31. The van der Waals surface area contributed by atoms with Crippen molar-refractivity contribution in [3.05, 3.63) is 64.9 Å². The maximum Gasteiger partial charge on any atom is 0.227 e. The molecular formula is C19H20ClFN2O3S. The first kappa shape index (κ1) is 19.8. The Bertz CT molecular complexity index is 911. The molecule has 0 bridgehead atoms. The number of para-hydroxylation sites is 1. The van der Waals surface area contributed by atoms with E-state index in [-0.39, 0.29) is 30.7 Å². The van der Waals surface area contributed by atoms with E-state index in [1.807, 2.05) is 0 Å². The average molecular weight is 411 g/mol. The second kappa shape index (κ2) is 8.37. The molecular weight excluding hydrogens is 391 g/mol. The molecule has 0 unspecified atom stereocenters. The van der Waals surface area contributed by atoms with Gasteiger partial charge >= 0.3 is 0 Å². The molecule has 1 fully saturated rings. The highest BCUT2D eigenvalue weighted by atomic mass is 35.5. The Morgan fingerprint density at radius 2 is 1.74 bits per heavy atom. The lowest BCUT2D eigenvalue weighted by Gasteiger charge is -2.30. The standard InChI is InChI=1S/C19H20ClFN2O3S/c20-17-3-1-2-4-18(17)22-19(24)15-9-11-23(12-10-15)27(25,26)13-14-5-7-16(21)8-6-14/h1-8,15H,9-13H2,(H,22,24). The first-order valence-corrected chi connectivity index (χ1v) is 10.6. The molecule has 1 heterocycles. The van der Waals surface area contributed by atoms with Crippen molar-refractivity contribution in [2.45, 2.75) is 18.6 Å². The Morgan fingerprint density at radius 3 is 2.37 bits per heavy atom. The zero-order valence-corrected chi connectivity index (χ0v) is 16.1. The predicted molar refractivity (Wildman–Crippen MR) is 103 cm³/mol. The fourth-order valence-electron chi connectivity index (χ4n) is 3.08. The van der Waals surface area contributed by atoms with Crippen LogP contribution in [0.5, 0.6) is 0 Å². The van der Waals surface area contributed by atoms with Gasteiger partial charge in [0.2, 0.25) is 15.9 Å². The Balaban J connectivity index is 1.57. The first-order chi connectivity index (χ1) is 12.8. The fraction of sp³-hybridized carbons (Fsp3) is 0.316. The quantitative estimate of drug-likeness (QED) is 0.818. The van der Waals surface area contributed by atoms with Gasteiger partial charge in [-0.1, -0.05) is 35.9 Å². The largest absolute Gasteiger partial charge is 0.325 e. The van der Waals surface area contributed by atoms with Gasteiger partial charge < -0.3 is 5.32 Å². The van der Waals surface area contributed by atoms with Gasteiger partial charge in [0.05, 0.1) is 16.5 Å². The number of nitrogens with zero attached hydrogens (tertiary/aromatic N) is 1. The number of nitrogens with one attached hydrogen (secondary N) is 1. The van der Waals surface area contributed by atoms with E-state index in [9.17, 15) is 17.6 Å². The monoisotopic (exact) mass is 410 g/mol. The van der Waals surface area contributed by atoms with Crippen molar-refractivity contribution in [3.8, 4) is 0 Å². The minimum atomic E-state index is -3.51. The molecule has 2 aromatic rings. The van der Waals surface area contributed by atoms with Crippen LogP contribution in [0.2, 0.25) is 5.02 Å². The Kier molecular flexibility index (Phi) is 6.14. The second-order valence-electron chi connectivity index (χ2n) is 6.53. The summed E-state index contributed by atoms with van der Waals surface area (Å²) in [6.07, 6.45) is 0.887. The van der Waals surface area contributed by atoms with Crippen molar-refractivity contribution in [2.75, 3.05) is 18.4 Å². The number of hydrogen-bond donors (Lipinski definition) is 1. The lowest BCUT2D eigenvalue weighted by Crippen LogP contribution is -2.41. The summed E-state index contributed by atoms with van der Waals surface area (Å²) >= 11 is 6.05. The maximum absolute atomic E-state index is 13.0. The van der Waals surface area contributed by atoms with E-state index in [1.165, 1.54) is 28.6 Å². The number of anilines is 1. The molecule has 1 saturated heterocycles. The summed E-state index contributed by atoms with van der Waals surface area (Å²) in [5.41, 5.74) is 1.09. The van der Waals surface area contributed by atoms with Crippen LogP contribution >= 0.6 is 11.6 Å². The van der Waals surface area contributed by atoms with Crippen molar-refractivity contribution in [2.24, 2.45) is 5.92 Å². The Morgan fingerprint density at radius 1 is 1.11 bits per heavy atom. The molecule has 1 aliphatic rings. The van der Waals surface area contributed by atoms with Crippen LogP contribution in [0.25, 0.3) is 0 Å². The number of amides is 1. The molecule has 0 aromatic heterocycles. The minimum absolute atomic E-state index is 0.154. The van der Waals surface area contributed by atoms with Gasteiger partial charge in [0.25, 0.3) is 0 Å². The molecule has 144 valence electrons. The predicted octanol–water partition coefficient (Wildman–Crippen LogP) is 3.66. The molecule has 2 aromatic carbocycles. The van der Waals surface area contributed by atoms with Crippen LogP contribution in [0, 0.1) is 11.7 Å². The fourth-order valence-corrected chi connectivity index (χ4v) is 4.82. The summed E-state index contributed by atoms with van der Waals surface area (Å²) < 4.78 is 39.5. The summed E-state index contributed by atoms with van der Waals surface area (Å²) in [4.78, 5) is 12.4. The van der Waals surface area contributed by atoms with E-state index < -0.39 is 15.8 Å². The van der Waals surface area contributed by atoms with Gasteiger partial charge in [0, 0.05) is 19.0 Å². The van der Waals surface area contributed by atoms with Crippen LogP contribution in [0.3, 0.4) is 0 Å². The number of halogens is 2. The highest BCUT2D eigenvalue weighted by molar-refractivity contribution is 7.88. The number of sulfonamides is 1. The molecule has 5 nitrogen and oxygen atoms in total. The zero-order valence-electron chi connectivity index (χ0n) is 14.6. The van der Waals surface area contributed by atoms with E-state index in [0.29, 0.717) is 29.1 Å². The van der Waals surface area contributed by atoms with E-state index >= 15 is 0 Å². The molecule has 1 N–H and O–H groups in total. The van der Waals surface area contributed by atoms with Crippen molar-refractivity contribution < 1.29 is 17.6 Å². The summed E-state index contributed by atoms with van der Waals surface area (Å²) in [5.74, 6) is -0.997. The van der Waals surface area contributed by atoms with Crippen molar-refractivity contribution in [1.29, 1.82) is 0 Å².